The molecule has 88 valence electrons. The molecule has 0 bridgehead atoms. The van der Waals surface area contributed by atoms with E-state index in [4.69, 9.17) is 0 Å². The van der Waals surface area contributed by atoms with Gasteiger partial charge in [0.05, 0.1) is 4.47 Å². The van der Waals surface area contributed by atoms with E-state index in [9.17, 15) is 0 Å². The van der Waals surface area contributed by atoms with Crippen molar-refractivity contribution in [2.24, 2.45) is 0 Å². The number of nitrogens with zero attached hydrogens (tertiary/aromatic N) is 2. The first-order valence-electron chi connectivity index (χ1n) is 5.69. The van der Waals surface area contributed by atoms with Crippen LogP contribution in [0.5, 0.6) is 0 Å². The van der Waals surface area contributed by atoms with Crippen molar-refractivity contribution >= 4 is 37.7 Å². The second-order valence-electron chi connectivity index (χ2n) is 4.50. The van der Waals surface area contributed by atoms with Crippen molar-refractivity contribution in [2.75, 3.05) is 4.90 Å². The fourth-order valence-corrected chi connectivity index (χ4v) is 3.63. The lowest BCUT2D eigenvalue weighted by molar-refractivity contribution is 0.410. The standard InChI is InChI=1S/C12H16Br2N2/c1-8-4-3-5-9(2)16(8)12-11(14)6-10(13)7-15-12/h6-9H,3-5H2,1-2H3. The third-order valence-electron chi connectivity index (χ3n) is 3.23. The van der Waals surface area contributed by atoms with Crippen molar-refractivity contribution in [3.63, 3.8) is 0 Å². The lowest BCUT2D eigenvalue weighted by atomic mass is 9.97. The Morgan fingerprint density at radius 1 is 1.25 bits per heavy atom. The topological polar surface area (TPSA) is 16.1 Å². The summed E-state index contributed by atoms with van der Waals surface area (Å²) in [6, 6.07) is 3.22. The number of pyridine rings is 1. The minimum absolute atomic E-state index is 0.578. The maximum atomic E-state index is 4.53. The highest BCUT2D eigenvalue weighted by atomic mass is 79.9. The van der Waals surface area contributed by atoms with Gasteiger partial charge in [0, 0.05) is 22.8 Å². The van der Waals surface area contributed by atoms with Crippen LogP contribution in [0.15, 0.2) is 21.2 Å². The summed E-state index contributed by atoms with van der Waals surface area (Å²) >= 11 is 7.04. The van der Waals surface area contributed by atoms with Crippen LogP contribution in [-0.2, 0) is 0 Å². The molecule has 1 aromatic heterocycles. The second kappa shape index (κ2) is 5.05. The van der Waals surface area contributed by atoms with E-state index < -0.39 is 0 Å². The number of anilines is 1. The van der Waals surface area contributed by atoms with E-state index in [1.807, 2.05) is 6.20 Å². The Hall–Kier alpha value is -0.0900. The number of halogens is 2. The first kappa shape index (κ1) is 12.4. The number of hydrogen-bond acceptors (Lipinski definition) is 2. The van der Waals surface area contributed by atoms with Gasteiger partial charge >= 0.3 is 0 Å². The van der Waals surface area contributed by atoms with E-state index in [0.29, 0.717) is 12.1 Å². The molecule has 1 aliphatic rings. The van der Waals surface area contributed by atoms with Gasteiger partial charge in [0.1, 0.15) is 5.82 Å². The zero-order valence-corrected chi connectivity index (χ0v) is 12.8. The van der Waals surface area contributed by atoms with Gasteiger partial charge in [-0.3, -0.25) is 0 Å². The third-order valence-corrected chi connectivity index (χ3v) is 4.24. The molecule has 0 aromatic carbocycles. The molecule has 4 heteroatoms. The molecule has 2 unspecified atom stereocenters. The molecular weight excluding hydrogens is 332 g/mol. The average Bonchev–Trinajstić information content (AvgIpc) is 2.20. The maximum absolute atomic E-state index is 4.53. The number of rotatable bonds is 1. The normalized spacial score (nSPS) is 25.9. The van der Waals surface area contributed by atoms with E-state index >= 15 is 0 Å². The number of aromatic nitrogens is 1. The lowest BCUT2D eigenvalue weighted by Gasteiger charge is -2.40. The number of hydrogen-bond donors (Lipinski definition) is 0. The fourth-order valence-electron chi connectivity index (χ4n) is 2.44. The predicted molar refractivity (Wildman–Crippen MR) is 74.9 cm³/mol. The molecule has 0 aliphatic carbocycles. The molecule has 0 spiro atoms. The second-order valence-corrected chi connectivity index (χ2v) is 6.27. The predicted octanol–water partition coefficient (Wildman–Crippen LogP) is 4.37. The smallest absolute Gasteiger partial charge is 0.143 e. The number of piperidine rings is 1. The Bertz CT molecular complexity index is 371. The largest absolute Gasteiger partial charge is 0.350 e. The summed E-state index contributed by atoms with van der Waals surface area (Å²) in [5.74, 6) is 1.07. The third kappa shape index (κ3) is 2.43. The van der Waals surface area contributed by atoms with Gasteiger partial charge in [0.15, 0.2) is 0 Å². The van der Waals surface area contributed by atoms with Crippen molar-refractivity contribution in [3.05, 3.63) is 21.2 Å². The van der Waals surface area contributed by atoms with Gasteiger partial charge in [-0.25, -0.2) is 4.98 Å². The van der Waals surface area contributed by atoms with Crippen LogP contribution in [0.4, 0.5) is 5.82 Å². The highest BCUT2D eigenvalue weighted by Crippen LogP contribution is 2.33. The van der Waals surface area contributed by atoms with Crippen LogP contribution < -0.4 is 4.90 Å². The SMILES string of the molecule is CC1CCCC(C)N1c1ncc(Br)cc1Br. The minimum atomic E-state index is 0.578. The van der Waals surface area contributed by atoms with E-state index in [2.05, 4.69) is 61.7 Å². The van der Waals surface area contributed by atoms with Gasteiger partial charge in [-0.05, 0) is 71.0 Å². The summed E-state index contributed by atoms with van der Waals surface area (Å²) in [6.45, 7) is 4.57. The van der Waals surface area contributed by atoms with Crippen LogP contribution >= 0.6 is 31.9 Å². The molecule has 2 rings (SSSR count). The molecular formula is C12H16Br2N2. The van der Waals surface area contributed by atoms with E-state index in [1.54, 1.807) is 0 Å². The molecule has 1 saturated heterocycles. The molecule has 1 aliphatic heterocycles. The van der Waals surface area contributed by atoms with Crippen LogP contribution in [-0.4, -0.2) is 17.1 Å². The average molecular weight is 348 g/mol. The first-order chi connectivity index (χ1) is 7.59. The minimum Gasteiger partial charge on any atom is -0.350 e. The maximum Gasteiger partial charge on any atom is 0.143 e. The van der Waals surface area contributed by atoms with E-state index in [1.165, 1.54) is 19.3 Å². The van der Waals surface area contributed by atoms with Crippen molar-refractivity contribution in [1.29, 1.82) is 0 Å². The Morgan fingerprint density at radius 3 is 2.44 bits per heavy atom. The van der Waals surface area contributed by atoms with Crippen LogP contribution in [0.1, 0.15) is 33.1 Å². The Labute approximate surface area is 114 Å². The highest BCUT2D eigenvalue weighted by molar-refractivity contribution is 9.11. The summed E-state index contributed by atoms with van der Waals surface area (Å²) in [4.78, 5) is 6.97. The van der Waals surface area contributed by atoms with Crippen LogP contribution in [0.3, 0.4) is 0 Å². The van der Waals surface area contributed by atoms with Crippen molar-refractivity contribution in [1.82, 2.24) is 4.98 Å². The van der Waals surface area contributed by atoms with Crippen LogP contribution in [0.2, 0.25) is 0 Å². The molecule has 16 heavy (non-hydrogen) atoms. The fraction of sp³-hybridized carbons (Fsp3) is 0.583. The zero-order valence-electron chi connectivity index (χ0n) is 9.58. The molecule has 2 heterocycles. The van der Waals surface area contributed by atoms with Gasteiger partial charge in [-0.1, -0.05) is 0 Å². The highest BCUT2D eigenvalue weighted by Gasteiger charge is 2.27. The molecule has 0 N–H and O–H groups in total. The summed E-state index contributed by atoms with van der Waals surface area (Å²) < 4.78 is 2.09. The van der Waals surface area contributed by atoms with Crippen molar-refractivity contribution < 1.29 is 0 Å². The van der Waals surface area contributed by atoms with Gasteiger partial charge in [0.25, 0.3) is 0 Å². The van der Waals surface area contributed by atoms with Crippen LogP contribution in [0, 0.1) is 0 Å². The quantitative estimate of drug-likeness (QED) is 0.749. The molecule has 1 fully saturated rings. The monoisotopic (exact) mass is 346 g/mol. The van der Waals surface area contributed by atoms with Gasteiger partial charge < -0.3 is 4.90 Å². The van der Waals surface area contributed by atoms with Crippen molar-refractivity contribution in [3.8, 4) is 0 Å². The molecule has 0 radical (unpaired) electrons. The summed E-state index contributed by atoms with van der Waals surface area (Å²) in [5.41, 5.74) is 0. The lowest BCUT2D eigenvalue weighted by Crippen LogP contribution is -2.44. The molecule has 0 saturated carbocycles. The van der Waals surface area contributed by atoms with Gasteiger partial charge in [0.2, 0.25) is 0 Å². The first-order valence-corrected chi connectivity index (χ1v) is 7.27. The summed E-state index contributed by atoms with van der Waals surface area (Å²) in [5, 5.41) is 0. The molecule has 2 nitrogen and oxygen atoms in total. The summed E-state index contributed by atoms with van der Waals surface area (Å²) in [7, 11) is 0. The van der Waals surface area contributed by atoms with Crippen molar-refractivity contribution in [2.45, 2.75) is 45.2 Å². The van der Waals surface area contributed by atoms with E-state index in [-0.39, 0.29) is 0 Å². The Morgan fingerprint density at radius 2 is 1.88 bits per heavy atom. The summed E-state index contributed by atoms with van der Waals surface area (Å²) in [6.07, 6.45) is 5.71. The van der Waals surface area contributed by atoms with E-state index in [0.717, 1.165) is 14.8 Å². The zero-order chi connectivity index (χ0) is 11.7. The molecule has 0 amide bonds. The van der Waals surface area contributed by atoms with Gasteiger partial charge in [-0.2, -0.15) is 0 Å². The Balaban J connectivity index is 2.34. The van der Waals surface area contributed by atoms with Gasteiger partial charge in [-0.15, -0.1) is 0 Å². The Kier molecular flexibility index (Phi) is 3.90. The van der Waals surface area contributed by atoms with Crippen LogP contribution in [0.25, 0.3) is 0 Å². The molecule has 1 aromatic rings. The molecule has 2 atom stereocenters.